The molecule has 1 N–H and O–H groups in total. The number of aryl methyl sites for hydroxylation is 2. The van der Waals surface area contributed by atoms with E-state index in [4.69, 9.17) is 14.5 Å². The molecule has 1 aromatic heterocycles. The van der Waals surface area contributed by atoms with Crippen LogP contribution in [0.3, 0.4) is 0 Å². The van der Waals surface area contributed by atoms with Gasteiger partial charge in [0.1, 0.15) is 11.9 Å². The second kappa shape index (κ2) is 12.5. The smallest absolute Gasteiger partial charge is 0.194 e. The summed E-state index contributed by atoms with van der Waals surface area (Å²) in [4.78, 5) is 14.3. The number of aliphatic imine (C=N–C) groups is 1. The maximum Gasteiger partial charge on any atom is 0.194 e. The quantitative estimate of drug-likeness (QED) is 0.339. The van der Waals surface area contributed by atoms with Gasteiger partial charge in [0.25, 0.3) is 0 Å². The van der Waals surface area contributed by atoms with Gasteiger partial charge in [-0.2, -0.15) is 0 Å². The molecule has 0 amide bonds. The van der Waals surface area contributed by atoms with Crippen molar-refractivity contribution in [2.45, 2.75) is 33.4 Å². The van der Waals surface area contributed by atoms with Crippen LogP contribution in [-0.4, -0.2) is 68.4 Å². The molecule has 2 saturated heterocycles. The highest BCUT2D eigenvalue weighted by Gasteiger charge is 2.25. The van der Waals surface area contributed by atoms with Crippen molar-refractivity contribution in [1.82, 2.24) is 15.2 Å². The highest BCUT2D eigenvalue weighted by atomic mass is 127. The number of nitrogens with zero attached hydrogens (tertiary/aromatic N) is 4. The van der Waals surface area contributed by atoms with Crippen LogP contribution in [0.15, 0.2) is 41.5 Å². The van der Waals surface area contributed by atoms with Gasteiger partial charge in [0.05, 0.1) is 32.9 Å². The number of aromatic nitrogens is 1. The number of benzene rings is 1. The Bertz CT molecular complexity index is 933. The van der Waals surface area contributed by atoms with Gasteiger partial charge in [0.15, 0.2) is 5.96 Å². The lowest BCUT2D eigenvalue weighted by atomic mass is 10.00. The molecule has 2 aliphatic rings. The Morgan fingerprint density at radius 2 is 1.97 bits per heavy atom. The summed E-state index contributed by atoms with van der Waals surface area (Å²) in [6.45, 7) is 13.4. The Morgan fingerprint density at radius 3 is 2.73 bits per heavy atom. The van der Waals surface area contributed by atoms with Gasteiger partial charge in [-0.3, -0.25) is 0 Å². The van der Waals surface area contributed by atoms with Gasteiger partial charge in [-0.05, 0) is 38.0 Å². The van der Waals surface area contributed by atoms with Gasteiger partial charge >= 0.3 is 0 Å². The molecule has 180 valence electrons. The number of halogens is 1. The van der Waals surface area contributed by atoms with E-state index in [9.17, 15) is 0 Å². The summed E-state index contributed by atoms with van der Waals surface area (Å²) in [5.74, 6) is 1.95. The summed E-state index contributed by atoms with van der Waals surface area (Å²) in [5.41, 5.74) is 4.97. The van der Waals surface area contributed by atoms with Gasteiger partial charge < -0.3 is 24.6 Å². The Labute approximate surface area is 214 Å². The summed E-state index contributed by atoms with van der Waals surface area (Å²) < 4.78 is 11.7. The zero-order valence-corrected chi connectivity index (χ0v) is 22.2. The first-order valence-corrected chi connectivity index (χ1v) is 11.6. The minimum absolute atomic E-state index is 0. The van der Waals surface area contributed by atoms with E-state index in [0.29, 0.717) is 13.2 Å². The van der Waals surface area contributed by atoms with Crippen molar-refractivity contribution in [3.8, 4) is 0 Å². The Kier molecular flexibility index (Phi) is 9.76. The summed E-state index contributed by atoms with van der Waals surface area (Å²) in [6.07, 6.45) is 1.91. The minimum Gasteiger partial charge on any atom is -0.378 e. The second-order valence-corrected chi connectivity index (χ2v) is 8.42. The molecule has 2 aromatic rings. The van der Waals surface area contributed by atoms with Crippen LogP contribution in [0.4, 0.5) is 5.82 Å². The molecule has 2 aliphatic heterocycles. The van der Waals surface area contributed by atoms with Gasteiger partial charge in [0, 0.05) is 37.9 Å². The maximum atomic E-state index is 6.15. The summed E-state index contributed by atoms with van der Waals surface area (Å²) in [7, 11) is 0. The third kappa shape index (κ3) is 6.58. The molecule has 1 aromatic carbocycles. The molecule has 3 heterocycles. The van der Waals surface area contributed by atoms with Crippen molar-refractivity contribution in [3.05, 3.63) is 58.8 Å². The number of nitrogens with one attached hydrogen (secondary N) is 1. The average Bonchev–Trinajstić information content (AvgIpc) is 2.82. The lowest BCUT2D eigenvalue weighted by molar-refractivity contribution is -0.00834. The first kappa shape index (κ1) is 25.7. The summed E-state index contributed by atoms with van der Waals surface area (Å²) in [6, 6.07) is 10.7. The van der Waals surface area contributed by atoms with E-state index in [1.54, 1.807) is 0 Å². The van der Waals surface area contributed by atoms with E-state index in [1.807, 2.05) is 12.3 Å². The first-order chi connectivity index (χ1) is 15.7. The normalized spacial score (nSPS) is 19.2. The summed E-state index contributed by atoms with van der Waals surface area (Å²) in [5, 5.41) is 3.48. The van der Waals surface area contributed by atoms with Crippen molar-refractivity contribution in [2.75, 3.05) is 57.4 Å². The maximum absolute atomic E-state index is 6.15. The van der Waals surface area contributed by atoms with E-state index in [2.05, 4.69) is 65.1 Å². The molecular formula is C25H36IN5O2. The second-order valence-electron chi connectivity index (χ2n) is 8.42. The molecule has 33 heavy (non-hydrogen) atoms. The van der Waals surface area contributed by atoms with Crippen LogP contribution in [0.5, 0.6) is 0 Å². The molecule has 1 atom stereocenters. The average molecular weight is 566 g/mol. The molecule has 0 aliphatic carbocycles. The van der Waals surface area contributed by atoms with Crippen molar-refractivity contribution in [3.63, 3.8) is 0 Å². The number of hydrogen-bond donors (Lipinski definition) is 1. The van der Waals surface area contributed by atoms with Crippen LogP contribution in [0.1, 0.15) is 35.3 Å². The molecule has 0 saturated carbocycles. The number of guanidine groups is 1. The predicted octanol–water partition coefficient (Wildman–Crippen LogP) is 3.69. The molecule has 4 rings (SSSR count). The van der Waals surface area contributed by atoms with Crippen LogP contribution in [-0.2, 0) is 16.0 Å². The minimum atomic E-state index is 0. The van der Waals surface area contributed by atoms with Crippen molar-refractivity contribution < 1.29 is 9.47 Å². The fourth-order valence-corrected chi connectivity index (χ4v) is 4.42. The van der Waals surface area contributed by atoms with E-state index >= 15 is 0 Å². The number of morpholine rings is 2. The van der Waals surface area contributed by atoms with Crippen LogP contribution < -0.4 is 10.2 Å². The van der Waals surface area contributed by atoms with E-state index in [1.165, 1.54) is 16.7 Å². The van der Waals surface area contributed by atoms with Crippen molar-refractivity contribution in [1.29, 1.82) is 0 Å². The SMILES string of the molecule is CCNC(=NCc1cccnc1N1CCOCC1)N1CCOC(c2ccc(C)cc2C)C1.I. The first-order valence-electron chi connectivity index (χ1n) is 11.6. The Morgan fingerprint density at radius 1 is 1.15 bits per heavy atom. The van der Waals surface area contributed by atoms with Crippen molar-refractivity contribution >= 4 is 35.8 Å². The topological polar surface area (TPSA) is 62.2 Å². The monoisotopic (exact) mass is 565 g/mol. The zero-order chi connectivity index (χ0) is 22.3. The molecule has 0 bridgehead atoms. The largest absolute Gasteiger partial charge is 0.378 e. The van der Waals surface area contributed by atoms with Crippen LogP contribution >= 0.6 is 24.0 Å². The fourth-order valence-electron chi connectivity index (χ4n) is 4.42. The summed E-state index contributed by atoms with van der Waals surface area (Å²) >= 11 is 0. The molecule has 7 nitrogen and oxygen atoms in total. The standard InChI is InChI=1S/C25H35N5O2.HI/c1-4-26-25(28-17-21-6-5-9-27-24(21)29-10-13-31-14-11-29)30-12-15-32-23(18-30)22-8-7-19(2)16-20(22)3;/h5-9,16,23H,4,10-15,17-18H2,1-3H3,(H,26,28);1H. The Hall–Kier alpha value is -1.91. The molecule has 1 unspecified atom stereocenters. The fraction of sp³-hybridized carbons (Fsp3) is 0.520. The molecule has 2 fully saturated rings. The third-order valence-electron chi connectivity index (χ3n) is 6.05. The van der Waals surface area contributed by atoms with Gasteiger partial charge in [-0.1, -0.05) is 29.8 Å². The van der Waals surface area contributed by atoms with E-state index in [-0.39, 0.29) is 30.1 Å². The lowest BCUT2D eigenvalue weighted by Gasteiger charge is -2.36. The number of hydrogen-bond acceptors (Lipinski definition) is 5. The molecular weight excluding hydrogens is 529 g/mol. The van der Waals surface area contributed by atoms with Gasteiger partial charge in [-0.25, -0.2) is 9.98 Å². The lowest BCUT2D eigenvalue weighted by Crippen LogP contribution is -2.48. The third-order valence-corrected chi connectivity index (χ3v) is 6.05. The Balaban J connectivity index is 0.00000306. The number of anilines is 1. The van der Waals surface area contributed by atoms with Gasteiger partial charge in [-0.15, -0.1) is 24.0 Å². The molecule has 8 heteroatoms. The van der Waals surface area contributed by atoms with Crippen LogP contribution in [0.25, 0.3) is 0 Å². The highest BCUT2D eigenvalue weighted by molar-refractivity contribution is 14.0. The number of ether oxygens (including phenoxy) is 2. The predicted molar refractivity (Wildman–Crippen MR) is 144 cm³/mol. The highest BCUT2D eigenvalue weighted by Crippen LogP contribution is 2.26. The molecule has 0 radical (unpaired) electrons. The molecule has 0 spiro atoms. The van der Waals surface area contributed by atoms with Gasteiger partial charge in [0.2, 0.25) is 0 Å². The number of rotatable bonds is 5. The van der Waals surface area contributed by atoms with E-state index in [0.717, 1.165) is 63.3 Å². The zero-order valence-electron chi connectivity index (χ0n) is 19.9. The van der Waals surface area contributed by atoms with Crippen molar-refractivity contribution in [2.24, 2.45) is 4.99 Å². The number of pyridine rings is 1. The van der Waals surface area contributed by atoms with Crippen LogP contribution in [0.2, 0.25) is 0 Å². The van der Waals surface area contributed by atoms with E-state index < -0.39 is 0 Å². The van der Waals surface area contributed by atoms with Crippen LogP contribution in [0, 0.1) is 13.8 Å².